The van der Waals surface area contributed by atoms with Crippen molar-refractivity contribution in [1.82, 2.24) is 34.8 Å². The average Bonchev–Trinajstić information content (AvgIpc) is 3.40. The van der Waals surface area contributed by atoms with Crippen LogP contribution in [0.5, 0.6) is 0 Å². The summed E-state index contributed by atoms with van der Waals surface area (Å²) in [6.45, 7) is 2.39. The van der Waals surface area contributed by atoms with E-state index in [1.165, 1.54) is 14.7 Å². The molecule has 76 heavy (non-hydrogen) atoms. The number of Topliss-reactive ketones (excluding diaryl/α,β-unsaturated/α-hetero) is 1. The van der Waals surface area contributed by atoms with Crippen molar-refractivity contribution in [3.05, 3.63) is 138 Å². The Kier molecular flexibility index (Phi) is 27.5. The molecular formula is C53H65N7O16. The third-order valence-electron chi connectivity index (χ3n) is 10.9. The summed E-state index contributed by atoms with van der Waals surface area (Å²) in [6.07, 6.45) is 3.31. The standard InChI is InChI=1S/C19H20N2O5.C17H23N3O5.C17H22N2O6/c22-17(9-16-7-4-8-20-10-16)11-21(12-18(23)24)13-19(25)26-14-15-5-2-1-3-6-15;21-15(20-8-6-18-7-9-20)10-19(11-16(22)23)12-17(24)25-13-14-4-2-1-3-5-14;20-15(19-6-8-24-9-7-19)10-18(11-16(21)22)12-17(23)25-13-14-4-2-1-3-5-14/h1-8,10H,9,11-14H2,(H,23,24);1-5,18H,6-13H2,(H,22,23);1-5H,6-13H2,(H,21,22). The summed E-state index contributed by atoms with van der Waals surface area (Å²) >= 11 is 0. The van der Waals surface area contributed by atoms with Crippen LogP contribution in [-0.2, 0) is 88.3 Å². The van der Waals surface area contributed by atoms with E-state index in [1.54, 1.807) is 34.3 Å². The van der Waals surface area contributed by atoms with Crippen LogP contribution < -0.4 is 5.32 Å². The van der Waals surface area contributed by atoms with Gasteiger partial charge in [0.2, 0.25) is 11.8 Å². The Morgan fingerprint density at radius 1 is 0.474 bits per heavy atom. The number of carboxylic acids is 3. The maximum atomic E-state index is 12.3. The molecule has 0 bridgehead atoms. The van der Waals surface area contributed by atoms with Gasteiger partial charge in [-0.2, -0.15) is 0 Å². The molecular weight excluding hydrogens is 991 g/mol. The summed E-state index contributed by atoms with van der Waals surface area (Å²) in [7, 11) is 0. The van der Waals surface area contributed by atoms with Crippen molar-refractivity contribution < 1.29 is 77.4 Å². The smallest absolute Gasteiger partial charge is 0.320 e. The third kappa shape index (κ3) is 26.3. The van der Waals surface area contributed by atoms with Crippen molar-refractivity contribution in [1.29, 1.82) is 0 Å². The lowest BCUT2D eigenvalue weighted by molar-refractivity contribution is -0.151. The molecule has 4 N–H and O–H groups in total. The molecule has 4 aromatic rings. The van der Waals surface area contributed by atoms with E-state index in [4.69, 9.17) is 34.3 Å². The lowest BCUT2D eigenvalue weighted by Gasteiger charge is -2.29. The van der Waals surface area contributed by atoms with E-state index in [0.29, 0.717) is 52.5 Å². The molecule has 3 heterocycles. The van der Waals surface area contributed by atoms with E-state index in [0.717, 1.165) is 22.3 Å². The maximum Gasteiger partial charge on any atom is 0.320 e. The molecule has 0 unspecified atom stereocenters. The Morgan fingerprint density at radius 2 is 0.842 bits per heavy atom. The Hall–Kier alpha value is -7.96. The number of carbonyl (C=O) groups is 9. The molecule has 0 radical (unpaired) electrons. The number of benzene rings is 3. The molecule has 2 amide bonds. The van der Waals surface area contributed by atoms with Gasteiger partial charge < -0.3 is 49.4 Å². The first-order valence-corrected chi connectivity index (χ1v) is 24.3. The molecule has 2 aliphatic heterocycles. The first kappa shape index (κ1) is 60.6. The fraction of sp³-hybridized carbons (Fsp3) is 0.396. The molecule has 0 saturated carbocycles. The predicted octanol–water partition coefficient (Wildman–Crippen LogP) is 0.847. The summed E-state index contributed by atoms with van der Waals surface area (Å²) < 4.78 is 20.6. The summed E-state index contributed by atoms with van der Waals surface area (Å²) in [5.41, 5.74) is 3.25. The van der Waals surface area contributed by atoms with Gasteiger partial charge >= 0.3 is 35.8 Å². The second kappa shape index (κ2) is 34.5. The number of morpholine rings is 1. The number of amides is 2. The number of piperazine rings is 1. The van der Waals surface area contributed by atoms with Crippen molar-refractivity contribution in [2.75, 3.05) is 111 Å². The van der Waals surface area contributed by atoms with Crippen molar-refractivity contribution in [3.63, 3.8) is 0 Å². The summed E-state index contributed by atoms with van der Waals surface area (Å²) in [6, 6.07) is 31.0. The molecule has 0 spiro atoms. The third-order valence-corrected chi connectivity index (χ3v) is 10.9. The highest BCUT2D eigenvalue weighted by atomic mass is 16.5. The second-order valence-electron chi connectivity index (χ2n) is 17.3. The fourth-order valence-corrected chi connectivity index (χ4v) is 7.32. The van der Waals surface area contributed by atoms with Crippen LogP contribution in [0.3, 0.4) is 0 Å². The van der Waals surface area contributed by atoms with E-state index in [-0.39, 0.29) is 83.1 Å². The number of aromatic nitrogens is 1. The number of rotatable bonds is 26. The zero-order valence-electron chi connectivity index (χ0n) is 42.2. The molecule has 408 valence electrons. The van der Waals surface area contributed by atoms with Crippen molar-refractivity contribution >= 4 is 53.4 Å². The van der Waals surface area contributed by atoms with Gasteiger partial charge in [0.25, 0.3) is 0 Å². The van der Waals surface area contributed by atoms with Crippen LogP contribution in [0, 0.1) is 0 Å². The number of ether oxygens (including phenoxy) is 4. The van der Waals surface area contributed by atoms with Gasteiger partial charge in [-0.05, 0) is 28.3 Å². The normalized spacial score (nSPS) is 13.0. The largest absolute Gasteiger partial charge is 0.480 e. The molecule has 23 nitrogen and oxygen atoms in total. The molecule has 3 aromatic carbocycles. The van der Waals surface area contributed by atoms with Crippen LogP contribution >= 0.6 is 0 Å². The van der Waals surface area contributed by atoms with Crippen molar-refractivity contribution in [3.8, 4) is 0 Å². The Morgan fingerprint density at radius 3 is 1.21 bits per heavy atom. The predicted molar refractivity (Wildman–Crippen MR) is 271 cm³/mol. The molecule has 0 aliphatic carbocycles. The van der Waals surface area contributed by atoms with Crippen LogP contribution in [0.1, 0.15) is 22.3 Å². The molecule has 2 saturated heterocycles. The first-order chi connectivity index (χ1) is 36.6. The molecule has 23 heteroatoms. The Labute approximate surface area is 439 Å². The van der Waals surface area contributed by atoms with Gasteiger partial charge in [0.15, 0.2) is 5.78 Å². The molecule has 6 rings (SSSR count). The summed E-state index contributed by atoms with van der Waals surface area (Å²) in [4.78, 5) is 117. The summed E-state index contributed by atoms with van der Waals surface area (Å²) in [5, 5.41) is 30.1. The quantitative estimate of drug-likeness (QED) is 0.0501. The number of pyridine rings is 1. The minimum absolute atomic E-state index is 0.101. The zero-order valence-corrected chi connectivity index (χ0v) is 42.2. The van der Waals surface area contributed by atoms with E-state index in [9.17, 15) is 43.2 Å². The summed E-state index contributed by atoms with van der Waals surface area (Å²) in [5.74, 6) is -5.62. The first-order valence-electron chi connectivity index (χ1n) is 24.3. The van der Waals surface area contributed by atoms with Crippen LogP contribution in [-0.4, -0.2) is 210 Å². The number of carbonyl (C=O) groups excluding carboxylic acids is 6. The highest BCUT2D eigenvalue weighted by Crippen LogP contribution is 2.07. The van der Waals surface area contributed by atoms with Crippen LogP contribution in [0.2, 0.25) is 0 Å². The minimum Gasteiger partial charge on any atom is -0.480 e. The van der Waals surface area contributed by atoms with Gasteiger partial charge in [0.1, 0.15) is 19.8 Å². The molecule has 2 fully saturated rings. The lowest BCUT2D eigenvalue weighted by Crippen LogP contribution is -2.50. The minimum atomic E-state index is -1.12. The van der Waals surface area contributed by atoms with Crippen molar-refractivity contribution in [2.45, 2.75) is 26.2 Å². The zero-order chi connectivity index (χ0) is 54.9. The fourth-order valence-electron chi connectivity index (χ4n) is 7.32. The Bertz CT molecular complexity index is 2340. The van der Waals surface area contributed by atoms with Crippen LogP contribution in [0.15, 0.2) is 116 Å². The van der Waals surface area contributed by atoms with E-state index in [2.05, 4.69) is 10.3 Å². The monoisotopic (exact) mass is 1060 g/mol. The van der Waals surface area contributed by atoms with Crippen LogP contribution in [0.25, 0.3) is 0 Å². The number of ketones is 1. The van der Waals surface area contributed by atoms with E-state index in [1.807, 2.05) is 91.0 Å². The van der Waals surface area contributed by atoms with Gasteiger partial charge in [-0.1, -0.05) is 97.1 Å². The Balaban J connectivity index is 0.000000246. The number of esters is 3. The topological polar surface area (TPSA) is 292 Å². The number of nitrogens with zero attached hydrogens (tertiary/aromatic N) is 6. The van der Waals surface area contributed by atoms with Crippen LogP contribution in [0.4, 0.5) is 0 Å². The van der Waals surface area contributed by atoms with Crippen molar-refractivity contribution in [2.24, 2.45) is 0 Å². The highest BCUT2D eigenvalue weighted by molar-refractivity contribution is 5.84. The van der Waals surface area contributed by atoms with Gasteiger partial charge in [-0.3, -0.25) is 62.8 Å². The maximum absolute atomic E-state index is 12.3. The van der Waals surface area contributed by atoms with E-state index < -0.39 is 55.5 Å². The number of nitrogens with one attached hydrogen (secondary N) is 1. The number of hydrogen-bond donors (Lipinski definition) is 4. The number of hydrogen-bond acceptors (Lipinski definition) is 18. The lowest BCUT2D eigenvalue weighted by atomic mass is 10.1. The SMILES string of the molecule is O=C(O)CN(CC(=O)Cc1cccnc1)CC(=O)OCc1ccccc1.O=C(O)CN(CC(=O)OCc1ccccc1)CC(=O)N1CCNCC1.O=C(O)CN(CC(=O)OCc1ccccc1)CC(=O)N1CCOCC1. The highest BCUT2D eigenvalue weighted by Gasteiger charge is 2.25. The van der Waals surface area contributed by atoms with Gasteiger partial charge in [-0.15, -0.1) is 0 Å². The average molecular weight is 1060 g/mol. The number of aliphatic carboxylic acids is 3. The van der Waals surface area contributed by atoms with E-state index >= 15 is 0 Å². The van der Waals surface area contributed by atoms with Gasteiger partial charge in [0.05, 0.1) is 72.1 Å². The molecule has 2 aliphatic rings. The molecule has 1 aromatic heterocycles. The molecule has 0 atom stereocenters. The van der Waals surface area contributed by atoms with Gasteiger partial charge in [0, 0.05) is 58.1 Å². The second-order valence-corrected chi connectivity index (χ2v) is 17.3. The number of carboxylic acid groups (broad SMARTS) is 3. The van der Waals surface area contributed by atoms with Gasteiger partial charge in [-0.25, -0.2) is 0 Å².